The molecule has 3 nitrogen and oxygen atoms in total. The van der Waals surface area contributed by atoms with Crippen molar-refractivity contribution in [3.63, 3.8) is 0 Å². The summed E-state index contributed by atoms with van der Waals surface area (Å²) >= 11 is 5.71. The van der Waals surface area contributed by atoms with E-state index in [-0.39, 0.29) is 22.8 Å². The summed E-state index contributed by atoms with van der Waals surface area (Å²) in [5.74, 6) is -0.730. The van der Waals surface area contributed by atoms with Crippen molar-refractivity contribution in [2.45, 2.75) is 6.42 Å². The van der Waals surface area contributed by atoms with E-state index in [9.17, 15) is 9.18 Å². The van der Waals surface area contributed by atoms with Crippen LogP contribution in [0.15, 0.2) is 48.8 Å². The number of Topliss-reactive ketones (excluding diaryl/α,β-unsaturated/α-hetero) is 1. The summed E-state index contributed by atoms with van der Waals surface area (Å²) in [5.41, 5.74) is 1.47. The number of hydrogen-bond donors (Lipinski definition) is 0. The zero-order chi connectivity index (χ0) is 14.1. The molecule has 2 heterocycles. The van der Waals surface area contributed by atoms with Crippen molar-refractivity contribution in [2.24, 2.45) is 0 Å². The van der Waals surface area contributed by atoms with E-state index < -0.39 is 5.82 Å². The third-order valence-electron chi connectivity index (χ3n) is 3.11. The van der Waals surface area contributed by atoms with Crippen LogP contribution in [0.1, 0.15) is 15.9 Å². The largest absolute Gasteiger partial charge is 0.294 e. The second kappa shape index (κ2) is 5.06. The van der Waals surface area contributed by atoms with E-state index in [1.165, 1.54) is 12.3 Å². The smallest absolute Gasteiger partial charge is 0.171 e. The average Bonchev–Trinajstić information content (AvgIpc) is 2.88. The Morgan fingerprint density at radius 1 is 1.25 bits per heavy atom. The van der Waals surface area contributed by atoms with Gasteiger partial charge >= 0.3 is 0 Å². The number of hydrogen-bond acceptors (Lipinski definition) is 2. The van der Waals surface area contributed by atoms with Crippen LogP contribution in [-0.2, 0) is 6.42 Å². The molecule has 0 spiro atoms. The van der Waals surface area contributed by atoms with Crippen LogP contribution in [0.3, 0.4) is 0 Å². The molecule has 3 aromatic rings. The Balaban J connectivity index is 1.95. The zero-order valence-electron chi connectivity index (χ0n) is 10.4. The molecule has 0 aliphatic rings. The fourth-order valence-electron chi connectivity index (χ4n) is 2.10. The molecule has 0 fully saturated rings. The van der Waals surface area contributed by atoms with Gasteiger partial charge in [0.1, 0.15) is 5.82 Å². The highest BCUT2D eigenvalue weighted by molar-refractivity contribution is 6.30. The van der Waals surface area contributed by atoms with E-state index in [0.717, 1.165) is 0 Å². The normalized spacial score (nSPS) is 10.9. The maximum Gasteiger partial charge on any atom is 0.171 e. The summed E-state index contributed by atoms with van der Waals surface area (Å²) in [6.45, 7) is 0. The molecule has 20 heavy (non-hydrogen) atoms. The van der Waals surface area contributed by atoms with Gasteiger partial charge in [-0.15, -0.1) is 0 Å². The number of rotatable bonds is 3. The lowest BCUT2D eigenvalue weighted by molar-refractivity contribution is 0.0993. The maximum atomic E-state index is 13.8. The van der Waals surface area contributed by atoms with Gasteiger partial charge < -0.3 is 0 Å². The van der Waals surface area contributed by atoms with Crippen molar-refractivity contribution in [3.8, 4) is 0 Å². The lowest BCUT2D eigenvalue weighted by atomic mass is 10.0. The minimum absolute atomic E-state index is 0.0233. The van der Waals surface area contributed by atoms with Gasteiger partial charge in [0.25, 0.3) is 0 Å². The number of nitrogens with zero attached hydrogens (tertiary/aromatic N) is 2. The summed E-state index contributed by atoms with van der Waals surface area (Å²) in [6.07, 6.45) is 3.22. The molecule has 2 aromatic heterocycles. The number of aromatic nitrogens is 2. The van der Waals surface area contributed by atoms with Gasteiger partial charge in [-0.05, 0) is 23.8 Å². The molecule has 0 radical (unpaired) electrons. The van der Waals surface area contributed by atoms with Crippen LogP contribution in [0.5, 0.6) is 0 Å². The number of halogens is 2. The first-order valence-electron chi connectivity index (χ1n) is 6.05. The quantitative estimate of drug-likeness (QED) is 0.691. The lowest BCUT2D eigenvalue weighted by Gasteiger charge is -2.03. The number of carbonyl (C=O) groups excluding carboxylic acids is 1. The summed E-state index contributed by atoms with van der Waals surface area (Å²) < 4.78 is 15.4. The molecule has 0 aliphatic heterocycles. The van der Waals surface area contributed by atoms with E-state index in [2.05, 4.69) is 5.10 Å². The molecule has 3 rings (SSSR count). The fourth-order valence-corrected chi connectivity index (χ4v) is 2.30. The average molecular weight is 289 g/mol. The Hall–Kier alpha value is -2.20. The maximum absolute atomic E-state index is 13.8. The molecular formula is C15H10ClFN2O. The van der Waals surface area contributed by atoms with Gasteiger partial charge in [0.2, 0.25) is 0 Å². The molecule has 0 N–H and O–H groups in total. The number of carbonyl (C=O) groups is 1. The fraction of sp³-hybridized carbons (Fsp3) is 0.0667. The van der Waals surface area contributed by atoms with Crippen LogP contribution in [0.4, 0.5) is 4.39 Å². The summed E-state index contributed by atoms with van der Waals surface area (Å²) in [6, 6.07) is 10.1. The molecule has 0 unspecified atom stereocenters. The third-order valence-corrected chi connectivity index (χ3v) is 3.40. The molecule has 0 amide bonds. The predicted molar refractivity (Wildman–Crippen MR) is 74.6 cm³/mol. The zero-order valence-corrected chi connectivity index (χ0v) is 11.1. The van der Waals surface area contributed by atoms with E-state index in [4.69, 9.17) is 11.6 Å². The molecule has 0 bridgehead atoms. The Morgan fingerprint density at radius 3 is 2.95 bits per heavy atom. The van der Waals surface area contributed by atoms with Crippen LogP contribution in [0, 0.1) is 5.82 Å². The van der Waals surface area contributed by atoms with Gasteiger partial charge in [0.05, 0.1) is 22.3 Å². The van der Waals surface area contributed by atoms with Gasteiger partial charge in [-0.25, -0.2) is 8.91 Å². The monoisotopic (exact) mass is 288 g/mol. The second-order valence-corrected chi connectivity index (χ2v) is 4.81. The van der Waals surface area contributed by atoms with Crippen molar-refractivity contribution in [3.05, 3.63) is 70.8 Å². The van der Waals surface area contributed by atoms with Crippen LogP contribution in [0.2, 0.25) is 5.02 Å². The Labute approximate surface area is 119 Å². The van der Waals surface area contributed by atoms with E-state index >= 15 is 0 Å². The number of pyridine rings is 1. The van der Waals surface area contributed by atoms with Crippen molar-refractivity contribution < 1.29 is 9.18 Å². The van der Waals surface area contributed by atoms with E-state index in [1.54, 1.807) is 28.9 Å². The number of fused-ring (bicyclic) bond motifs is 1. The van der Waals surface area contributed by atoms with Crippen LogP contribution >= 0.6 is 11.6 Å². The van der Waals surface area contributed by atoms with Gasteiger partial charge in [0.15, 0.2) is 5.78 Å². The molecule has 5 heteroatoms. The van der Waals surface area contributed by atoms with E-state index in [0.29, 0.717) is 11.1 Å². The Kier molecular flexibility index (Phi) is 3.24. The van der Waals surface area contributed by atoms with Crippen molar-refractivity contribution in [2.75, 3.05) is 0 Å². The Bertz CT molecular complexity index is 797. The highest BCUT2D eigenvalue weighted by Gasteiger charge is 2.16. The summed E-state index contributed by atoms with van der Waals surface area (Å²) in [4.78, 5) is 12.3. The van der Waals surface area contributed by atoms with Gasteiger partial charge in [-0.2, -0.15) is 5.10 Å². The molecule has 0 saturated carbocycles. The highest BCUT2D eigenvalue weighted by atomic mass is 35.5. The summed E-state index contributed by atoms with van der Waals surface area (Å²) in [7, 11) is 0. The van der Waals surface area contributed by atoms with Crippen LogP contribution in [0.25, 0.3) is 5.52 Å². The molecule has 0 aliphatic carbocycles. The number of benzene rings is 1. The second-order valence-electron chi connectivity index (χ2n) is 4.40. The Morgan fingerprint density at radius 2 is 2.10 bits per heavy atom. The summed E-state index contributed by atoms with van der Waals surface area (Å²) in [5, 5.41) is 4.12. The highest BCUT2D eigenvalue weighted by Crippen LogP contribution is 2.20. The third kappa shape index (κ3) is 2.18. The molecular weight excluding hydrogens is 279 g/mol. The predicted octanol–water partition coefficient (Wildman–Crippen LogP) is 3.55. The van der Waals surface area contributed by atoms with Gasteiger partial charge in [0, 0.05) is 12.6 Å². The van der Waals surface area contributed by atoms with Crippen LogP contribution in [-0.4, -0.2) is 15.4 Å². The van der Waals surface area contributed by atoms with Crippen molar-refractivity contribution in [1.82, 2.24) is 9.61 Å². The van der Waals surface area contributed by atoms with Gasteiger partial charge in [-0.1, -0.05) is 29.8 Å². The van der Waals surface area contributed by atoms with Crippen LogP contribution < -0.4 is 0 Å². The lowest BCUT2D eigenvalue weighted by Crippen LogP contribution is -2.05. The first-order valence-corrected chi connectivity index (χ1v) is 6.43. The molecule has 1 aromatic carbocycles. The van der Waals surface area contributed by atoms with E-state index in [1.807, 2.05) is 12.1 Å². The first kappa shape index (κ1) is 12.8. The minimum atomic E-state index is -0.543. The molecule has 100 valence electrons. The minimum Gasteiger partial charge on any atom is -0.294 e. The SMILES string of the molecule is O=C(Cc1cccc(Cl)c1F)c1cnn2ccccc12. The van der Waals surface area contributed by atoms with Gasteiger partial charge in [-0.3, -0.25) is 4.79 Å². The standard InChI is InChI=1S/C15H10ClFN2O/c16-12-5-3-4-10(15(12)17)8-14(20)11-9-18-19-7-2-1-6-13(11)19/h1-7,9H,8H2. The molecule has 0 saturated heterocycles. The van der Waals surface area contributed by atoms with Crippen molar-refractivity contribution >= 4 is 22.9 Å². The molecule has 0 atom stereocenters. The number of ketones is 1. The first-order chi connectivity index (χ1) is 9.66. The van der Waals surface area contributed by atoms with Crippen molar-refractivity contribution in [1.29, 1.82) is 0 Å². The topological polar surface area (TPSA) is 34.4 Å².